The molecule has 2 aliphatic heterocycles. The Balaban J connectivity index is 1.63. The first-order chi connectivity index (χ1) is 8.78. The molecule has 3 atom stereocenters. The second-order valence-electron chi connectivity index (χ2n) is 5.79. The number of imidazole rings is 1. The van der Waals surface area contributed by atoms with Crippen molar-refractivity contribution in [2.24, 2.45) is 0 Å². The molecule has 1 aromatic rings. The van der Waals surface area contributed by atoms with Gasteiger partial charge in [0.05, 0.1) is 17.7 Å². The van der Waals surface area contributed by atoms with Gasteiger partial charge in [-0.3, -0.25) is 4.90 Å². The Morgan fingerprint density at radius 2 is 2.33 bits per heavy atom. The number of aromatic nitrogens is 2. The Kier molecular flexibility index (Phi) is 3.39. The normalized spacial score (nSPS) is 32.7. The molecular weight excluding hydrogens is 224 g/mol. The minimum absolute atomic E-state index is 0.565. The van der Waals surface area contributed by atoms with Crippen LogP contribution >= 0.6 is 0 Å². The molecule has 18 heavy (non-hydrogen) atoms. The Hall–Kier alpha value is -0.870. The molecule has 0 aromatic carbocycles. The zero-order valence-electron chi connectivity index (χ0n) is 11.4. The van der Waals surface area contributed by atoms with Crippen LogP contribution in [-0.2, 0) is 13.0 Å². The van der Waals surface area contributed by atoms with Gasteiger partial charge < -0.3 is 10.3 Å². The molecule has 100 valence electrons. The van der Waals surface area contributed by atoms with E-state index < -0.39 is 0 Å². The van der Waals surface area contributed by atoms with Crippen LogP contribution in [0.5, 0.6) is 0 Å². The molecule has 4 nitrogen and oxygen atoms in total. The first-order valence-corrected chi connectivity index (χ1v) is 7.28. The van der Waals surface area contributed by atoms with E-state index in [2.05, 4.69) is 34.0 Å². The summed E-state index contributed by atoms with van der Waals surface area (Å²) in [7, 11) is 0. The van der Waals surface area contributed by atoms with Crippen LogP contribution in [0.15, 0.2) is 6.33 Å². The fourth-order valence-electron chi connectivity index (χ4n) is 3.51. The van der Waals surface area contributed by atoms with Gasteiger partial charge in [0, 0.05) is 37.6 Å². The van der Waals surface area contributed by atoms with Gasteiger partial charge in [-0.05, 0) is 26.2 Å². The molecule has 2 aliphatic rings. The fraction of sp³-hybridized carbons (Fsp3) is 0.786. The van der Waals surface area contributed by atoms with E-state index in [9.17, 15) is 0 Å². The number of nitrogens with zero attached hydrogens (tertiary/aromatic N) is 2. The number of hydrogen-bond acceptors (Lipinski definition) is 3. The molecule has 1 saturated heterocycles. The minimum atomic E-state index is 0.565. The van der Waals surface area contributed by atoms with Crippen LogP contribution < -0.4 is 5.32 Å². The summed E-state index contributed by atoms with van der Waals surface area (Å²) in [5.41, 5.74) is 2.53. The van der Waals surface area contributed by atoms with Gasteiger partial charge >= 0.3 is 0 Å². The lowest BCUT2D eigenvalue weighted by molar-refractivity contribution is 0.172. The minimum Gasteiger partial charge on any atom is -0.347 e. The van der Waals surface area contributed by atoms with Gasteiger partial charge in [-0.1, -0.05) is 6.92 Å². The number of hydrogen-bond donors (Lipinski definition) is 2. The third-order valence-corrected chi connectivity index (χ3v) is 4.67. The van der Waals surface area contributed by atoms with Gasteiger partial charge in [0.15, 0.2) is 0 Å². The topological polar surface area (TPSA) is 44.0 Å². The molecule has 0 amide bonds. The predicted molar refractivity (Wildman–Crippen MR) is 72.4 cm³/mol. The largest absolute Gasteiger partial charge is 0.347 e. The molecule has 3 rings (SSSR count). The molecule has 4 heteroatoms. The highest BCUT2D eigenvalue weighted by atomic mass is 15.2. The molecule has 0 aliphatic carbocycles. The van der Waals surface area contributed by atoms with E-state index in [1.54, 1.807) is 0 Å². The van der Waals surface area contributed by atoms with Crippen molar-refractivity contribution in [2.75, 3.05) is 6.54 Å². The lowest BCUT2D eigenvalue weighted by Crippen LogP contribution is -2.48. The third-order valence-electron chi connectivity index (χ3n) is 4.67. The molecular formula is C14H24N4. The quantitative estimate of drug-likeness (QED) is 0.855. The lowest BCUT2D eigenvalue weighted by atomic mass is 10.0. The van der Waals surface area contributed by atoms with Crippen LogP contribution in [0.25, 0.3) is 0 Å². The fourth-order valence-corrected chi connectivity index (χ4v) is 3.51. The summed E-state index contributed by atoms with van der Waals surface area (Å²) in [6, 6.07) is 2.11. The van der Waals surface area contributed by atoms with Crippen LogP contribution in [0.3, 0.4) is 0 Å². The summed E-state index contributed by atoms with van der Waals surface area (Å²) in [6.45, 7) is 6.80. The van der Waals surface area contributed by atoms with Gasteiger partial charge in [-0.25, -0.2) is 4.98 Å². The summed E-state index contributed by atoms with van der Waals surface area (Å²) in [6.07, 6.45) is 6.90. The van der Waals surface area contributed by atoms with E-state index in [0.717, 1.165) is 25.0 Å². The number of H-pyrrole nitrogens is 1. The third kappa shape index (κ3) is 2.19. The second kappa shape index (κ2) is 5.02. The number of aromatic amines is 1. The van der Waals surface area contributed by atoms with Crippen LogP contribution in [-0.4, -0.2) is 39.5 Å². The van der Waals surface area contributed by atoms with E-state index in [1.807, 2.05) is 6.33 Å². The monoisotopic (exact) mass is 248 g/mol. The van der Waals surface area contributed by atoms with E-state index in [0.29, 0.717) is 6.04 Å². The van der Waals surface area contributed by atoms with Crippen LogP contribution in [0, 0.1) is 0 Å². The average molecular weight is 248 g/mol. The van der Waals surface area contributed by atoms with Crippen molar-refractivity contribution in [3.63, 3.8) is 0 Å². The van der Waals surface area contributed by atoms with Crippen LogP contribution in [0.1, 0.15) is 44.5 Å². The van der Waals surface area contributed by atoms with Crippen molar-refractivity contribution >= 4 is 0 Å². The Morgan fingerprint density at radius 3 is 3.17 bits per heavy atom. The number of fused-ring (bicyclic) bond motifs is 1. The second-order valence-corrected chi connectivity index (χ2v) is 5.79. The maximum Gasteiger partial charge on any atom is 0.0925 e. The molecule has 1 fully saturated rings. The smallest absolute Gasteiger partial charge is 0.0925 e. The number of nitrogens with one attached hydrogen (secondary N) is 2. The molecule has 3 heterocycles. The Morgan fingerprint density at radius 1 is 1.44 bits per heavy atom. The van der Waals surface area contributed by atoms with Crippen LogP contribution in [0.4, 0.5) is 0 Å². The zero-order valence-corrected chi connectivity index (χ0v) is 11.4. The van der Waals surface area contributed by atoms with Crippen molar-refractivity contribution in [2.45, 2.75) is 64.2 Å². The van der Waals surface area contributed by atoms with Crippen LogP contribution in [0.2, 0.25) is 0 Å². The molecule has 0 radical (unpaired) electrons. The molecule has 1 aromatic heterocycles. The van der Waals surface area contributed by atoms with Crippen molar-refractivity contribution in [1.82, 2.24) is 20.2 Å². The van der Waals surface area contributed by atoms with E-state index in [1.165, 1.54) is 37.2 Å². The van der Waals surface area contributed by atoms with Gasteiger partial charge in [-0.2, -0.15) is 0 Å². The maximum atomic E-state index is 4.43. The van der Waals surface area contributed by atoms with E-state index in [-0.39, 0.29) is 0 Å². The molecule has 0 bridgehead atoms. The molecule has 3 unspecified atom stereocenters. The summed E-state index contributed by atoms with van der Waals surface area (Å²) in [4.78, 5) is 10.3. The number of likely N-dealkylation sites (tertiary alicyclic amines) is 1. The van der Waals surface area contributed by atoms with Gasteiger partial charge in [0.1, 0.15) is 0 Å². The van der Waals surface area contributed by atoms with Gasteiger partial charge in [0.2, 0.25) is 0 Å². The summed E-state index contributed by atoms with van der Waals surface area (Å²) in [5, 5.41) is 3.64. The first kappa shape index (κ1) is 12.2. The van der Waals surface area contributed by atoms with Gasteiger partial charge in [0.25, 0.3) is 0 Å². The predicted octanol–water partition coefficient (Wildman–Crippen LogP) is 1.69. The SMILES string of the molecule is CCC1CCC(C)N1CC1Cc2nc[nH]c2CN1. The maximum absolute atomic E-state index is 4.43. The van der Waals surface area contributed by atoms with Crippen molar-refractivity contribution in [3.05, 3.63) is 17.7 Å². The van der Waals surface area contributed by atoms with Gasteiger partial charge in [-0.15, -0.1) is 0 Å². The first-order valence-electron chi connectivity index (χ1n) is 7.28. The van der Waals surface area contributed by atoms with Crippen molar-refractivity contribution in [1.29, 1.82) is 0 Å². The molecule has 0 saturated carbocycles. The van der Waals surface area contributed by atoms with Crippen molar-refractivity contribution < 1.29 is 0 Å². The summed E-state index contributed by atoms with van der Waals surface area (Å²) < 4.78 is 0. The molecule has 0 spiro atoms. The van der Waals surface area contributed by atoms with Crippen molar-refractivity contribution in [3.8, 4) is 0 Å². The lowest BCUT2D eigenvalue weighted by Gasteiger charge is -2.33. The number of rotatable bonds is 3. The van der Waals surface area contributed by atoms with E-state index in [4.69, 9.17) is 0 Å². The highest BCUT2D eigenvalue weighted by Gasteiger charge is 2.32. The van der Waals surface area contributed by atoms with E-state index >= 15 is 0 Å². The average Bonchev–Trinajstić information content (AvgIpc) is 2.97. The highest BCUT2D eigenvalue weighted by Crippen LogP contribution is 2.26. The standard InChI is InChI=1S/C14H24N4/c1-3-12-5-4-10(2)18(12)8-11-6-13-14(7-15-11)17-9-16-13/h9-12,15H,3-8H2,1-2H3,(H,16,17). The zero-order chi connectivity index (χ0) is 12.5. The molecule has 2 N–H and O–H groups in total. The Bertz CT molecular complexity index is 400. The summed E-state index contributed by atoms with van der Waals surface area (Å²) >= 11 is 0. The Labute approximate surface area is 109 Å². The summed E-state index contributed by atoms with van der Waals surface area (Å²) in [5.74, 6) is 0. The highest BCUT2D eigenvalue weighted by molar-refractivity contribution is 5.16.